The molecule has 1 amide bonds. The highest BCUT2D eigenvalue weighted by Gasteiger charge is 2.20. The fourth-order valence-electron chi connectivity index (χ4n) is 2.43. The molecular weight excluding hydrogens is 276 g/mol. The summed E-state index contributed by atoms with van der Waals surface area (Å²) < 4.78 is 5.46. The lowest BCUT2D eigenvalue weighted by Gasteiger charge is -2.30. The number of carbonyl (C=O) groups is 1. The summed E-state index contributed by atoms with van der Waals surface area (Å²) in [6, 6.07) is 7.49. The molecule has 1 aliphatic rings. The summed E-state index contributed by atoms with van der Waals surface area (Å²) in [7, 11) is 0. The van der Waals surface area contributed by atoms with E-state index in [0.29, 0.717) is 18.2 Å². The maximum absolute atomic E-state index is 12.1. The number of halogens is 1. The van der Waals surface area contributed by atoms with Gasteiger partial charge in [-0.15, -0.1) is 0 Å². The highest BCUT2D eigenvalue weighted by atomic mass is 35.5. The molecule has 20 heavy (non-hydrogen) atoms. The maximum Gasteiger partial charge on any atom is 0.234 e. The smallest absolute Gasteiger partial charge is 0.234 e. The van der Waals surface area contributed by atoms with E-state index >= 15 is 0 Å². The quantitative estimate of drug-likeness (QED) is 0.926. The number of hydrogen-bond donors (Lipinski definition) is 1. The summed E-state index contributed by atoms with van der Waals surface area (Å²) in [5.41, 5.74) is 0.942. The maximum atomic E-state index is 12.1. The monoisotopic (exact) mass is 296 g/mol. The van der Waals surface area contributed by atoms with Gasteiger partial charge in [0.25, 0.3) is 0 Å². The molecule has 0 bridgehead atoms. The molecule has 0 aliphatic carbocycles. The molecule has 1 saturated heterocycles. The Hall–Kier alpha value is -1.10. The van der Waals surface area contributed by atoms with Crippen molar-refractivity contribution in [2.24, 2.45) is 0 Å². The lowest BCUT2D eigenvalue weighted by atomic mass is 10.1. The van der Waals surface area contributed by atoms with Crippen LogP contribution in [-0.4, -0.2) is 43.2 Å². The van der Waals surface area contributed by atoms with Crippen molar-refractivity contribution in [3.63, 3.8) is 0 Å². The first-order valence-electron chi connectivity index (χ1n) is 6.94. The number of ether oxygens (including phenoxy) is 1. The van der Waals surface area contributed by atoms with Crippen LogP contribution in [0.25, 0.3) is 0 Å². The molecule has 110 valence electrons. The molecule has 1 aromatic rings. The van der Waals surface area contributed by atoms with Gasteiger partial charge >= 0.3 is 0 Å². The Morgan fingerprint density at radius 2 is 2.30 bits per heavy atom. The average molecular weight is 297 g/mol. The van der Waals surface area contributed by atoms with Crippen LogP contribution in [0, 0.1) is 0 Å². The van der Waals surface area contributed by atoms with Crippen molar-refractivity contribution in [3.05, 3.63) is 34.9 Å². The SMILES string of the molecule is CC1CN(CC(=O)NC(C)c2ccccc2Cl)CCO1. The average Bonchev–Trinajstić information content (AvgIpc) is 2.38. The van der Waals surface area contributed by atoms with Gasteiger partial charge in [0.1, 0.15) is 0 Å². The molecule has 2 atom stereocenters. The summed E-state index contributed by atoms with van der Waals surface area (Å²) in [6.07, 6.45) is 0.192. The van der Waals surface area contributed by atoms with Crippen molar-refractivity contribution in [1.82, 2.24) is 10.2 Å². The van der Waals surface area contributed by atoms with Gasteiger partial charge in [-0.1, -0.05) is 29.8 Å². The Kier molecular flexibility index (Phi) is 5.40. The molecule has 5 heteroatoms. The van der Waals surface area contributed by atoms with E-state index in [2.05, 4.69) is 10.2 Å². The second-order valence-electron chi connectivity index (χ2n) is 5.23. The minimum absolute atomic E-state index is 0.0199. The van der Waals surface area contributed by atoms with Gasteiger partial charge in [-0.25, -0.2) is 0 Å². The Morgan fingerprint density at radius 1 is 1.55 bits per heavy atom. The number of benzene rings is 1. The predicted octanol–water partition coefficient (Wildman–Crippen LogP) is 2.24. The molecular formula is C15H21ClN2O2. The number of hydrogen-bond acceptors (Lipinski definition) is 3. The van der Waals surface area contributed by atoms with Crippen molar-refractivity contribution in [2.75, 3.05) is 26.2 Å². The predicted molar refractivity (Wildman–Crippen MR) is 79.9 cm³/mol. The second-order valence-corrected chi connectivity index (χ2v) is 5.63. The number of morpholine rings is 1. The van der Waals surface area contributed by atoms with Crippen molar-refractivity contribution >= 4 is 17.5 Å². The topological polar surface area (TPSA) is 41.6 Å². The van der Waals surface area contributed by atoms with Crippen LogP contribution in [0.2, 0.25) is 5.02 Å². The fourth-order valence-corrected chi connectivity index (χ4v) is 2.73. The molecule has 1 N–H and O–H groups in total. The lowest BCUT2D eigenvalue weighted by molar-refractivity contribution is -0.124. The first-order valence-corrected chi connectivity index (χ1v) is 7.32. The van der Waals surface area contributed by atoms with Crippen LogP contribution in [0.4, 0.5) is 0 Å². The zero-order valence-electron chi connectivity index (χ0n) is 11.9. The molecule has 0 spiro atoms. The second kappa shape index (κ2) is 7.07. The van der Waals surface area contributed by atoms with Gasteiger partial charge in [0, 0.05) is 18.1 Å². The van der Waals surface area contributed by atoms with Crippen LogP contribution in [0.5, 0.6) is 0 Å². The number of rotatable bonds is 4. The van der Waals surface area contributed by atoms with Gasteiger partial charge < -0.3 is 10.1 Å². The first kappa shape index (κ1) is 15.3. The number of nitrogens with zero attached hydrogens (tertiary/aromatic N) is 1. The van der Waals surface area contributed by atoms with E-state index in [0.717, 1.165) is 18.7 Å². The fraction of sp³-hybridized carbons (Fsp3) is 0.533. The van der Waals surface area contributed by atoms with Gasteiger partial charge in [0.05, 0.1) is 25.3 Å². The summed E-state index contributed by atoms with van der Waals surface area (Å²) in [4.78, 5) is 14.2. The standard InChI is InChI=1S/C15H21ClN2O2/c1-11-9-18(7-8-20-11)10-15(19)17-12(2)13-5-3-4-6-14(13)16/h3-6,11-12H,7-10H2,1-2H3,(H,17,19). The van der Waals surface area contributed by atoms with Crippen molar-refractivity contribution in [2.45, 2.75) is 26.0 Å². The molecule has 0 saturated carbocycles. The van der Waals surface area contributed by atoms with Crippen LogP contribution in [0.3, 0.4) is 0 Å². The van der Waals surface area contributed by atoms with E-state index in [1.807, 2.05) is 38.1 Å². The molecule has 1 aliphatic heterocycles. The van der Waals surface area contributed by atoms with E-state index in [4.69, 9.17) is 16.3 Å². The zero-order valence-corrected chi connectivity index (χ0v) is 12.7. The Balaban J connectivity index is 1.86. The third kappa shape index (κ3) is 4.20. The van der Waals surface area contributed by atoms with E-state index in [1.54, 1.807) is 0 Å². The Bertz CT molecular complexity index is 467. The summed E-state index contributed by atoms with van der Waals surface area (Å²) in [5.74, 6) is 0.0199. The van der Waals surface area contributed by atoms with Gasteiger partial charge in [-0.2, -0.15) is 0 Å². The normalized spacial score (nSPS) is 21.4. The lowest BCUT2D eigenvalue weighted by Crippen LogP contribution is -2.46. The zero-order chi connectivity index (χ0) is 14.5. The summed E-state index contributed by atoms with van der Waals surface area (Å²) in [6.45, 7) is 6.67. The number of carbonyl (C=O) groups excluding carboxylic acids is 1. The molecule has 2 unspecified atom stereocenters. The highest BCUT2D eigenvalue weighted by molar-refractivity contribution is 6.31. The van der Waals surface area contributed by atoms with Gasteiger partial charge in [-0.3, -0.25) is 9.69 Å². The Morgan fingerprint density at radius 3 is 3.00 bits per heavy atom. The van der Waals surface area contributed by atoms with Crippen LogP contribution in [0.15, 0.2) is 24.3 Å². The first-order chi connectivity index (χ1) is 9.56. The third-order valence-corrected chi connectivity index (χ3v) is 3.79. The van der Waals surface area contributed by atoms with E-state index in [1.165, 1.54) is 0 Å². The van der Waals surface area contributed by atoms with Gasteiger partial charge in [0.15, 0.2) is 0 Å². The van der Waals surface area contributed by atoms with Crippen LogP contribution in [-0.2, 0) is 9.53 Å². The molecule has 2 rings (SSSR count). The number of nitrogens with one attached hydrogen (secondary N) is 1. The highest BCUT2D eigenvalue weighted by Crippen LogP contribution is 2.21. The third-order valence-electron chi connectivity index (χ3n) is 3.44. The van der Waals surface area contributed by atoms with Crippen molar-refractivity contribution in [3.8, 4) is 0 Å². The van der Waals surface area contributed by atoms with E-state index < -0.39 is 0 Å². The van der Waals surface area contributed by atoms with Crippen molar-refractivity contribution < 1.29 is 9.53 Å². The molecule has 1 aromatic carbocycles. The minimum atomic E-state index is -0.0883. The van der Waals surface area contributed by atoms with Gasteiger partial charge in [-0.05, 0) is 25.5 Å². The van der Waals surface area contributed by atoms with E-state index in [-0.39, 0.29) is 18.1 Å². The molecule has 1 fully saturated rings. The molecule has 0 radical (unpaired) electrons. The largest absolute Gasteiger partial charge is 0.376 e. The number of amides is 1. The van der Waals surface area contributed by atoms with Crippen molar-refractivity contribution in [1.29, 1.82) is 0 Å². The molecule has 4 nitrogen and oxygen atoms in total. The minimum Gasteiger partial charge on any atom is -0.376 e. The summed E-state index contributed by atoms with van der Waals surface area (Å²) in [5, 5.41) is 3.67. The van der Waals surface area contributed by atoms with Gasteiger partial charge in [0.2, 0.25) is 5.91 Å². The van der Waals surface area contributed by atoms with Crippen LogP contribution < -0.4 is 5.32 Å². The molecule has 0 aromatic heterocycles. The van der Waals surface area contributed by atoms with E-state index in [9.17, 15) is 4.79 Å². The summed E-state index contributed by atoms with van der Waals surface area (Å²) >= 11 is 6.14. The Labute approximate surface area is 125 Å². The van der Waals surface area contributed by atoms with Crippen LogP contribution in [0.1, 0.15) is 25.5 Å². The molecule has 1 heterocycles. The van der Waals surface area contributed by atoms with Crippen LogP contribution >= 0.6 is 11.6 Å².